The highest BCUT2D eigenvalue weighted by atomic mass is 32.2. The fourth-order valence-corrected chi connectivity index (χ4v) is 2.93. The van der Waals surface area contributed by atoms with Gasteiger partial charge in [-0.3, -0.25) is 9.58 Å². The number of aromatic nitrogens is 2. The molecule has 2 rings (SSSR count). The second-order valence-corrected chi connectivity index (χ2v) is 5.07. The second-order valence-electron chi connectivity index (χ2n) is 3.85. The number of nitrogens with zero attached hydrogens (tertiary/aromatic N) is 3. The Morgan fingerprint density at radius 2 is 2.27 bits per heavy atom. The molecule has 0 amide bonds. The van der Waals surface area contributed by atoms with E-state index in [0.29, 0.717) is 12.6 Å². The van der Waals surface area contributed by atoms with Crippen LogP contribution in [0.4, 0.5) is 0 Å². The largest absolute Gasteiger partial charge is 0.329 e. The number of rotatable bonds is 3. The Hall–Kier alpha value is -0.520. The highest BCUT2D eigenvalue weighted by molar-refractivity contribution is 7.99. The monoisotopic (exact) mass is 226 g/mol. The predicted octanol–water partition coefficient (Wildman–Crippen LogP) is 0.469. The summed E-state index contributed by atoms with van der Waals surface area (Å²) in [6.07, 6.45) is 4.00. The van der Waals surface area contributed by atoms with Gasteiger partial charge in [-0.1, -0.05) is 0 Å². The summed E-state index contributed by atoms with van der Waals surface area (Å²) in [6, 6.07) is 0.347. The average molecular weight is 226 g/mol. The number of hydrogen-bond donors (Lipinski definition) is 1. The molecule has 1 saturated heterocycles. The summed E-state index contributed by atoms with van der Waals surface area (Å²) in [5.74, 6) is 2.44. The molecule has 0 radical (unpaired) electrons. The molecule has 1 aromatic rings. The Balaban J connectivity index is 2.08. The number of thioether (sulfide) groups is 1. The van der Waals surface area contributed by atoms with Gasteiger partial charge in [0.15, 0.2) is 0 Å². The Kier molecular flexibility index (Phi) is 3.66. The maximum absolute atomic E-state index is 5.86. The molecule has 1 aliphatic rings. The molecule has 1 fully saturated rings. The van der Waals surface area contributed by atoms with Crippen molar-refractivity contribution in [1.82, 2.24) is 14.7 Å². The third kappa shape index (κ3) is 2.53. The van der Waals surface area contributed by atoms with Crippen molar-refractivity contribution < 1.29 is 0 Å². The van der Waals surface area contributed by atoms with Crippen molar-refractivity contribution in [3.05, 3.63) is 18.0 Å². The van der Waals surface area contributed by atoms with E-state index in [0.717, 1.165) is 13.1 Å². The van der Waals surface area contributed by atoms with Crippen molar-refractivity contribution in [1.29, 1.82) is 0 Å². The molecule has 2 heterocycles. The molecule has 1 aliphatic heterocycles. The first-order valence-electron chi connectivity index (χ1n) is 5.31. The third-order valence-corrected chi connectivity index (χ3v) is 3.76. The molecule has 4 nitrogen and oxygen atoms in total. The summed E-state index contributed by atoms with van der Waals surface area (Å²) in [5, 5.41) is 4.21. The first-order chi connectivity index (χ1) is 7.31. The number of aryl methyl sites for hydroxylation is 1. The van der Waals surface area contributed by atoms with Crippen LogP contribution >= 0.6 is 11.8 Å². The summed E-state index contributed by atoms with van der Waals surface area (Å²) in [5.41, 5.74) is 7.10. The van der Waals surface area contributed by atoms with Crippen LogP contribution in [0.5, 0.6) is 0 Å². The minimum atomic E-state index is 0.347. The summed E-state index contributed by atoms with van der Waals surface area (Å²) in [7, 11) is 1.95. The number of hydrogen-bond acceptors (Lipinski definition) is 4. The zero-order valence-corrected chi connectivity index (χ0v) is 9.91. The summed E-state index contributed by atoms with van der Waals surface area (Å²) in [4.78, 5) is 2.47. The highest BCUT2D eigenvalue weighted by Crippen LogP contribution is 2.22. The summed E-state index contributed by atoms with van der Waals surface area (Å²) >= 11 is 2.02. The van der Waals surface area contributed by atoms with E-state index in [2.05, 4.69) is 16.2 Å². The lowest BCUT2D eigenvalue weighted by Crippen LogP contribution is -2.39. The predicted molar refractivity (Wildman–Crippen MR) is 63.9 cm³/mol. The fourth-order valence-electron chi connectivity index (χ4n) is 2.00. The van der Waals surface area contributed by atoms with Gasteiger partial charge in [0.25, 0.3) is 0 Å². The topological polar surface area (TPSA) is 47.1 Å². The van der Waals surface area contributed by atoms with Crippen molar-refractivity contribution in [3.8, 4) is 0 Å². The van der Waals surface area contributed by atoms with E-state index < -0.39 is 0 Å². The smallest absolute Gasteiger partial charge is 0.0538 e. The maximum Gasteiger partial charge on any atom is 0.0538 e. The van der Waals surface area contributed by atoms with E-state index >= 15 is 0 Å². The first kappa shape index (κ1) is 11.0. The Morgan fingerprint density at radius 3 is 2.80 bits per heavy atom. The van der Waals surface area contributed by atoms with Crippen LogP contribution in [0.1, 0.15) is 11.6 Å². The van der Waals surface area contributed by atoms with Crippen LogP contribution in [0.2, 0.25) is 0 Å². The van der Waals surface area contributed by atoms with Crippen LogP contribution in [0.15, 0.2) is 12.4 Å². The van der Waals surface area contributed by atoms with Gasteiger partial charge in [0.1, 0.15) is 0 Å². The molecule has 2 N–H and O–H groups in total. The minimum Gasteiger partial charge on any atom is -0.329 e. The van der Waals surface area contributed by atoms with Crippen molar-refractivity contribution in [2.75, 3.05) is 31.1 Å². The SMILES string of the molecule is Cn1cc(C(CN)N2CCSCC2)cn1. The summed E-state index contributed by atoms with van der Waals surface area (Å²) < 4.78 is 1.84. The van der Waals surface area contributed by atoms with Crippen molar-refractivity contribution in [3.63, 3.8) is 0 Å². The van der Waals surface area contributed by atoms with E-state index in [-0.39, 0.29) is 0 Å². The van der Waals surface area contributed by atoms with Crippen molar-refractivity contribution in [2.45, 2.75) is 6.04 Å². The van der Waals surface area contributed by atoms with Gasteiger partial charge in [0.05, 0.1) is 12.2 Å². The molecule has 1 atom stereocenters. The zero-order chi connectivity index (χ0) is 10.7. The Bertz CT molecular complexity index is 306. The molecule has 5 heteroatoms. The van der Waals surface area contributed by atoms with Gasteiger partial charge in [0.2, 0.25) is 0 Å². The van der Waals surface area contributed by atoms with Crippen molar-refractivity contribution in [2.24, 2.45) is 12.8 Å². The molecule has 0 aromatic carbocycles. The fraction of sp³-hybridized carbons (Fsp3) is 0.700. The lowest BCUT2D eigenvalue weighted by atomic mass is 10.1. The standard InChI is InChI=1S/C10H18N4S/c1-13-8-9(7-12-13)10(6-11)14-2-4-15-5-3-14/h7-8,10H,2-6,11H2,1H3. The Morgan fingerprint density at radius 1 is 1.53 bits per heavy atom. The molecule has 84 valence electrons. The lowest BCUT2D eigenvalue weighted by molar-refractivity contribution is 0.223. The number of nitrogens with two attached hydrogens (primary N) is 1. The van der Waals surface area contributed by atoms with E-state index in [1.165, 1.54) is 17.1 Å². The van der Waals surface area contributed by atoms with Crippen LogP contribution in [-0.2, 0) is 7.05 Å². The normalized spacial score (nSPS) is 20.4. The van der Waals surface area contributed by atoms with Gasteiger partial charge >= 0.3 is 0 Å². The Labute approximate surface area is 94.8 Å². The first-order valence-corrected chi connectivity index (χ1v) is 6.47. The van der Waals surface area contributed by atoms with Crippen LogP contribution < -0.4 is 5.73 Å². The molecule has 0 saturated carbocycles. The van der Waals surface area contributed by atoms with Crippen LogP contribution in [0, 0.1) is 0 Å². The van der Waals surface area contributed by atoms with Crippen LogP contribution in [0.3, 0.4) is 0 Å². The van der Waals surface area contributed by atoms with Gasteiger partial charge in [0, 0.05) is 49.9 Å². The molecule has 1 aromatic heterocycles. The molecule has 0 bridgehead atoms. The molecule has 15 heavy (non-hydrogen) atoms. The van der Waals surface area contributed by atoms with Gasteiger partial charge < -0.3 is 5.73 Å². The molecule has 0 spiro atoms. The molecule has 1 unspecified atom stereocenters. The van der Waals surface area contributed by atoms with Gasteiger partial charge in [-0.25, -0.2) is 0 Å². The third-order valence-electron chi connectivity index (χ3n) is 2.82. The second kappa shape index (κ2) is 5.01. The average Bonchev–Trinajstić information content (AvgIpc) is 2.68. The minimum absolute atomic E-state index is 0.347. The van der Waals surface area contributed by atoms with Crippen LogP contribution in [0.25, 0.3) is 0 Å². The van der Waals surface area contributed by atoms with Gasteiger partial charge in [-0.05, 0) is 0 Å². The van der Waals surface area contributed by atoms with E-state index in [9.17, 15) is 0 Å². The molecule has 0 aliphatic carbocycles. The van der Waals surface area contributed by atoms with Crippen LogP contribution in [-0.4, -0.2) is 45.8 Å². The maximum atomic E-state index is 5.86. The quantitative estimate of drug-likeness (QED) is 0.814. The molecular formula is C10H18N4S. The highest BCUT2D eigenvalue weighted by Gasteiger charge is 2.21. The zero-order valence-electron chi connectivity index (χ0n) is 9.09. The van der Waals surface area contributed by atoms with Gasteiger partial charge in [-0.15, -0.1) is 0 Å². The van der Waals surface area contributed by atoms with E-state index in [4.69, 9.17) is 5.73 Å². The van der Waals surface area contributed by atoms with Gasteiger partial charge in [-0.2, -0.15) is 16.9 Å². The van der Waals surface area contributed by atoms with E-state index in [1.807, 2.05) is 29.7 Å². The summed E-state index contributed by atoms with van der Waals surface area (Å²) in [6.45, 7) is 2.96. The lowest BCUT2D eigenvalue weighted by Gasteiger charge is -2.33. The van der Waals surface area contributed by atoms with E-state index in [1.54, 1.807) is 0 Å². The van der Waals surface area contributed by atoms with Crippen molar-refractivity contribution >= 4 is 11.8 Å². The molecular weight excluding hydrogens is 208 g/mol.